The summed E-state index contributed by atoms with van der Waals surface area (Å²) < 4.78 is 0. The second-order valence-corrected chi connectivity index (χ2v) is 4.61. The topological polar surface area (TPSA) is 32.6 Å². The van der Waals surface area contributed by atoms with Gasteiger partial charge in [-0.15, -0.1) is 11.8 Å². The molecule has 58 valence electrons. The monoisotopic (exact) mass is 159 g/mol. The van der Waals surface area contributed by atoms with Crippen molar-refractivity contribution in [2.75, 3.05) is 0 Å². The first-order valence-electron chi connectivity index (χ1n) is 3.45. The Balaban J connectivity index is 2.74. The molecule has 1 N–H and O–H groups in total. The first kappa shape index (κ1) is 8.08. The number of rotatable bonds is 0. The third-order valence-corrected chi connectivity index (χ3v) is 2.45. The van der Waals surface area contributed by atoms with Crippen molar-refractivity contribution in [1.29, 1.82) is 0 Å². The predicted octanol–water partition coefficient (Wildman–Crippen LogP) is 1.64. The highest BCUT2D eigenvalue weighted by atomic mass is 32.2. The van der Waals surface area contributed by atoms with Crippen molar-refractivity contribution in [3.05, 3.63) is 0 Å². The van der Waals surface area contributed by atoms with Crippen molar-refractivity contribution in [3.63, 3.8) is 0 Å². The Morgan fingerprint density at radius 1 is 1.80 bits per heavy atom. The van der Waals surface area contributed by atoms with E-state index < -0.39 is 5.72 Å². The molecule has 0 fully saturated rings. The van der Waals surface area contributed by atoms with Crippen LogP contribution in [0.2, 0.25) is 0 Å². The molecule has 2 atom stereocenters. The molecule has 0 unspecified atom stereocenters. The van der Waals surface area contributed by atoms with Crippen LogP contribution in [0.3, 0.4) is 0 Å². The fraction of sp³-hybridized carbons (Fsp3) is 0.857. The number of aliphatic imine (C=N–C) groups is 1. The van der Waals surface area contributed by atoms with Gasteiger partial charge in [0.1, 0.15) is 0 Å². The van der Waals surface area contributed by atoms with E-state index in [1.807, 2.05) is 6.92 Å². The Hall–Kier alpha value is -0.0200. The highest BCUT2D eigenvalue weighted by molar-refractivity contribution is 8.14. The summed E-state index contributed by atoms with van der Waals surface area (Å²) in [7, 11) is 0. The first-order chi connectivity index (χ1) is 4.49. The van der Waals surface area contributed by atoms with Gasteiger partial charge in [0.15, 0.2) is 5.72 Å². The van der Waals surface area contributed by atoms with Crippen molar-refractivity contribution in [1.82, 2.24) is 0 Å². The summed E-state index contributed by atoms with van der Waals surface area (Å²) in [5.41, 5.74) is -0.811. The lowest BCUT2D eigenvalue weighted by atomic mass is 10.1. The third-order valence-electron chi connectivity index (χ3n) is 1.44. The van der Waals surface area contributed by atoms with Crippen LogP contribution < -0.4 is 0 Å². The highest BCUT2D eigenvalue weighted by Crippen LogP contribution is 2.29. The van der Waals surface area contributed by atoms with Gasteiger partial charge in [0.05, 0.1) is 5.04 Å². The summed E-state index contributed by atoms with van der Waals surface area (Å²) in [5.74, 6) is 0. The van der Waals surface area contributed by atoms with Gasteiger partial charge < -0.3 is 5.11 Å². The van der Waals surface area contributed by atoms with E-state index in [-0.39, 0.29) is 0 Å². The molecule has 1 aliphatic rings. The third kappa shape index (κ3) is 1.99. The van der Waals surface area contributed by atoms with E-state index in [9.17, 15) is 5.11 Å². The Labute approximate surface area is 65.7 Å². The molecule has 2 nitrogen and oxygen atoms in total. The molecule has 1 rings (SSSR count). The van der Waals surface area contributed by atoms with Crippen LogP contribution >= 0.6 is 11.8 Å². The van der Waals surface area contributed by atoms with Crippen LogP contribution in [0.1, 0.15) is 27.2 Å². The predicted molar refractivity (Wildman–Crippen MR) is 45.4 cm³/mol. The van der Waals surface area contributed by atoms with Crippen LogP contribution in [0.4, 0.5) is 0 Å². The van der Waals surface area contributed by atoms with Gasteiger partial charge in [-0.05, 0) is 13.8 Å². The summed E-state index contributed by atoms with van der Waals surface area (Å²) in [6.07, 6.45) is 0.759. The number of hydrogen-bond acceptors (Lipinski definition) is 3. The van der Waals surface area contributed by atoms with E-state index in [0.717, 1.165) is 11.5 Å². The summed E-state index contributed by atoms with van der Waals surface area (Å²) in [4.78, 5) is 4.10. The molecule has 0 saturated heterocycles. The molecule has 0 aromatic heterocycles. The van der Waals surface area contributed by atoms with Crippen LogP contribution in [0.5, 0.6) is 0 Å². The SMILES string of the molecule is CC1=N[C@](C)(O)C[C@H](C)S1. The van der Waals surface area contributed by atoms with E-state index in [0.29, 0.717) is 5.25 Å². The summed E-state index contributed by atoms with van der Waals surface area (Å²) in [6.45, 7) is 5.80. The van der Waals surface area contributed by atoms with Crippen molar-refractivity contribution >= 4 is 16.8 Å². The molecule has 0 aromatic rings. The van der Waals surface area contributed by atoms with Gasteiger partial charge in [0.2, 0.25) is 0 Å². The normalized spacial score (nSPS) is 41.2. The fourth-order valence-corrected chi connectivity index (χ4v) is 2.52. The first-order valence-corrected chi connectivity index (χ1v) is 4.33. The van der Waals surface area contributed by atoms with Crippen molar-refractivity contribution in [3.8, 4) is 0 Å². The highest BCUT2D eigenvalue weighted by Gasteiger charge is 2.27. The van der Waals surface area contributed by atoms with E-state index in [1.165, 1.54) is 0 Å². The molecule has 0 aliphatic carbocycles. The molecule has 0 saturated carbocycles. The van der Waals surface area contributed by atoms with Crippen LogP contribution in [0.25, 0.3) is 0 Å². The summed E-state index contributed by atoms with van der Waals surface area (Å²) in [5, 5.41) is 11.0. The van der Waals surface area contributed by atoms with E-state index >= 15 is 0 Å². The molecule has 1 heterocycles. The smallest absolute Gasteiger partial charge is 0.155 e. The minimum absolute atomic E-state index is 0.493. The molecule has 3 heteroatoms. The summed E-state index contributed by atoms with van der Waals surface area (Å²) in [6, 6.07) is 0. The van der Waals surface area contributed by atoms with Gasteiger partial charge in [0.25, 0.3) is 0 Å². The largest absolute Gasteiger partial charge is 0.369 e. The zero-order valence-corrected chi connectivity index (χ0v) is 7.40. The molecule has 1 aliphatic heterocycles. The average Bonchev–Trinajstić information content (AvgIpc) is 1.54. The second-order valence-electron chi connectivity index (χ2n) is 2.98. The average molecular weight is 159 g/mol. The molecule has 0 aromatic carbocycles. The maximum absolute atomic E-state index is 9.51. The van der Waals surface area contributed by atoms with Gasteiger partial charge in [-0.1, -0.05) is 6.92 Å². The zero-order chi connectivity index (χ0) is 7.78. The van der Waals surface area contributed by atoms with Gasteiger partial charge in [-0.2, -0.15) is 0 Å². The molecule has 0 bridgehead atoms. The summed E-state index contributed by atoms with van der Waals surface area (Å²) >= 11 is 1.73. The van der Waals surface area contributed by atoms with Crippen molar-refractivity contribution in [2.24, 2.45) is 4.99 Å². The second kappa shape index (κ2) is 2.55. The van der Waals surface area contributed by atoms with Gasteiger partial charge in [0, 0.05) is 11.7 Å². The lowest BCUT2D eigenvalue weighted by Crippen LogP contribution is -2.30. The standard InChI is InChI=1S/C7H13NOS/c1-5-4-7(3,9)8-6(2)10-5/h5,9H,4H2,1-3H3/t5-,7+/m0/s1. The fourth-order valence-electron chi connectivity index (χ4n) is 1.29. The van der Waals surface area contributed by atoms with E-state index in [2.05, 4.69) is 11.9 Å². The molecular formula is C7H13NOS. The number of hydrogen-bond donors (Lipinski definition) is 1. The maximum atomic E-state index is 9.51. The zero-order valence-electron chi connectivity index (χ0n) is 6.59. The van der Waals surface area contributed by atoms with E-state index in [1.54, 1.807) is 18.7 Å². The molecular weight excluding hydrogens is 146 g/mol. The Bertz CT molecular complexity index is 165. The van der Waals surface area contributed by atoms with Gasteiger partial charge in [-0.3, -0.25) is 0 Å². The van der Waals surface area contributed by atoms with E-state index in [4.69, 9.17) is 0 Å². The van der Waals surface area contributed by atoms with Crippen LogP contribution in [0, 0.1) is 0 Å². The van der Waals surface area contributed by atoms with Gasteiger partial charge >= 0.3 is 0 Å². The Morgan fingerprint density at radius 2 is 2.40 bits per heavy atom. The molecule has 0 amide bonds. The molecule has 0 radical (unpaired) electrons. The minimum atomic E-state index is -0.811. The quantitative estimate of drug-likeness (QED) is 0.582. The van der Waals surface area contributed by atoms with Crippen molar-refractivity contribution in [2.45, 2.75) is 38.2 Å². The van der Waals surface area contributed by atoms with Crippen LogP contribution in [0.15, 0.2) is 4.99 Å². The maximum Gasteiger partial charge on any atom is 0.155 e. The van der Waals surface area contributed by atoms with Crippen LogP contribution in [-0.4, -0.2) is 21.1 Å². The number of aliphatic hydroxyl groups is 1. The minimum Gasteiger partial charge on any atom is -0.369 e. The number of nitrogens with zero attached hydrogens (tertiary/aromatic N) is 1. The molecule has 10 heavy (non-hydrogen) atoms. The van der Waals surface area contributed by atoms with Crippen molar-refractivity contribution < 1.29 is 5.11 Å². The Morgan fingerprint density at radius 3 is 2.80 bits per heavy atom. The Kier molecular flexibility index (Phi) is 2.06. The number of thioether (sulfide) groups is 1. The molecule has 0 spiro atoms. The van der Waals surface area contributed by atoms with Gasteiger partial charge in [-0.25, -0.2) is 4.99 Å². The lowest BCUT2D eigenvalue weighted by Gasteiger charge is -2.27. The van der Waals surface area contributed by atoms with Crippen LogP contribution in [-0.2, 0) is 0 Å². The lowest BCUT2D eigenvalue weighted by molar-refractivity contribution is 0.0606.